The summed E-state index contributed by atoms with van der Waals surface area (Å²) >= 11 is 1.61. The molecule has 0 bridgehead atoms. The molecule has 2 heterocycles. The maximum atomic E-state index is 10.8. The second-order valence-electron chi connectivity index (χ2n) is 3.55. The van der Waals surface area contributed by atoms with Crippen molar-refractivity contribution in [1.29, 1.82) is 0 Å². The molecule has 1 aliphatic heterocycles. The molecule has 0 aromatic carbocycles. The predicted octanol–water partition coefficient (Wildman–Crippen LogP) is 0.00150. The van der Waals surface area contributed by atoms with Crippen molar-refractivity contribution in [3.05, 3.63) is 16.6 Å². The zero-order valence-corrected chi connectivity index (χ0v) is 9.04. The van der Waals surface area contributed by atoms with Gasteiger partial charge in [0.2, 0.25) is 0 Å². The number of thiazole rings is 1. The molecule has 1 aromatic heterocycles. The Balaban J connectivity index is 1.90. The van der Waals surface area contributed by atoms with Gasteiger partial charge in [0.15, 0.2) is 0 Å². The Morgan fingerprint density at radius 1 is 1.80 bits per heavy atom. The van der Waals surface area contributed by atoms with Gasteiger partial charge in [-0.2, -0.15) is 0 Å². The number of piperazine rings is 1. The zero-order valence-electron chi connectivity index (χ0n) is 8.22. The summed E-state index contributed by atoms with van der Waals surface area (Å²) in [4.78, 5) is 18.1. The van der Waals surface area contributed by atoms with Crippen LogP contribution in [0, 0.1) is 0 Å². The number of rotatable bonds is 3. The van der Waals surface area contributed by atoms with Gasteiger partial charge in [0, 0.05) is 37.3 Å². The molecule has 82 valence electrons. The van der Waals surface area contributed by atoms with Crippen molar-refractivity contribution in [3.8, 4) is 0 Å². The molecule has 1 aromatic rings. The Morgan fingerprint density at radius 3 is 3.33 bits per heavy atom. The molecule has 0 spiro atoms. The van der Waals surface area contributed by atoms with E-state index in [0.29, 0.717) is 6.54 Å². The summed E-state index contributed by atoms with van der Waals surface area (Å²) in [5.41, 5.74) is 1.80. The average molecular weight is 227 g/mol. The van der Waals surface area contributed by atoms with E-state index in [1.807, 2.05) is 6.20 Å². The molecule has 6 heteroatoms. The maximum Gasteiger partial charge on any atom is 0.322 e. The minimum atomic E-state index is -0.774. The van der Waals surface area contributed by atoms with E-state index in [9.17, 15) is 4.79 Å². The average Bonchev–Trinajstić information content (AvgIpc) is 2.71. The highest BCUT2D eigenvalue weighted by molar-refractivity contribution is 7.09. The lowest BCUT2D eigenvalue weighted by molar-refractivity contribution is -0.140. The summed E-state index contributed by atoms with van der Waals surface area (Å²) < 4.78 is 0. The molecule has 0 aliphatic carbocycles. The lowest BCUT2D eigenvalue weighted by Gasteiger charge is -2.30. The van der Waals surface area contributed by atoms with Gasteiger partial charge in [-0.15, -0.1) is 11.3 Å². The van der Waals surface area contributed by atoms with Gasteiger partial charge in [-0.1, -0.05) is 0 Å². The molecule has 5 nitrogen and oxygen atoms in total. The summed E-state index contributed by atoms with van der Waals surface area (Å²) in [6, 6.07) is -0.438. The maximum absolute atomic E-state index is 10.8. The van der Waals surface area contributed by atoms with Crippen LogP contribution in [0.5, 0.6) is 0 Å². The molecule has 1 fully saturated rings. The first-order valence-corrected chi connectivity index (χ1v) is 5.69. The summed E-state index contributed by atoms with van der Waals surface area (Å²) in [5, 5.41) is 11.9. The van der Waals surface area contributed by atoms with Crippen LogP contribution in [0.2, 0.25) is 0 Å². The van der Waals surface area contributed by atoms with Gasteiger partial charge in [-0.25, -0.2) is 0 Å². The molecule has 0 saturated carbocycles. The second kappa shape index (κ2) is 4.69. The first-order valence-electron chi connectivity index (χ1n) is 4.81. The normalized spacial score (nSPS) is 22.8. The minimum Gasteiger partial charge on any atom is -0.480 e. The third-order valence-electron chi connectivity index (χ3n) is 2.42. The molecular weight excluding hydrogens is 214 g/mol. The van der Waals surface area contributed by atoms with Crippen molar-refractivity contribution in [1.82, 2.24) is 15.2 Å². The van der Waals surface area contributed by atoms with Gasteiger partial charge < -0.3 is 10.4 Å². The van der Waals surface area contributed by atoms with Crippen LogP contribution in [-0.4, -0.2) is 46.6 Å². The molecule has 0 unspecified atom stereocenters. The highest BCUT2D eigenvalue weighted by Crippen LogP contribution is 2.11. The number of carboxylic acids is 1. The second-order valence-corrected chi connectivity index (χ2v) is 4.52. The molecule has 2 rings (SSSR count). The topological polar surface area (TPSA) is 65.5 Å². The van der Waals surface area contributed by atoms with Crippen LogP contribution in [0.3, 0.4) is 0 Å². The zero-order chi connectivity index (χ0) is 10.7. The van der Waals surface area contributed by atoms with Gasteiger partial charge in [0.1, 0.15) is 6.04 Å². The molecule has 1 saturated heterocycles. The van der Waals surface area contributed by atoms with Crippen molar-refractivity contribution in [3.63, 3.8) is 0 Å². The van der Waals surface area contributed by atoms with E-state index in [2.05, 4.69) is 15.2 Å². The number of nitrogens with zero attached hydrogens (tertiary/aromatic N) is 2. The van der Waals surface area contributed by atoms with E-state index in [-0.39, 0.29) is 0 Å². The molecule has 2 N–H and O–H groups in total. The Labute approximate surface area is 91.7 Å². The van der Waals surface area contributed by atoms with Crippen LogP contribution < -0.4 is 5.32 Å². The third-order valence-corrected chi connectivity index (χ3v) is 3.18. The van der Waals surface area contributed by atoms with E-state index in [1.54, 1.807) is 16.8 Å². The van der Waals surface area contributed by atoms with Crippen molar-refractivity contribution in [2.24, 2.45) is 0 Å². The summed E-state index contributed by atoms with van der Waals surface area (Å²) in [6.45, 7) is 2.99. The van der Waals surface area contributed by atoms with Crippen LogP contribution in [0.4, 0.5) is 0 Å². The fraction of sp³-hybridized carbons (Fsp3) is 0.556. The number of aromatic nitrogens is 1. The largest absolute Gasteiger partial charge is 0.480 e. The number of hydrogen-bond acceptors (Lipinski definition) is 5. The molecule has 0 amide bonds. The van der Waals surface area contributed by atoms with Crippen LogP contribution in [-0.2, 0) is 11.3 Å². The van der Waals surface area contributed by atoms with Crippen LogP contribution in [0.1, 0.15) is 4.88 Å². The number of aliphatic carboxylic acids is 1. The van der Waals surface area contributed by atoms with E-state index in [1.165, 1.54) is 4.88 Å². The third kappa shape index (κ3) is 2.74. The molecule has 15 heavy (non-hydrogen) atoms. The van der Waals surface area contributed by atoms with Gasteiger partial charge in [-0.3, -0.25) is 14.7 Å². The fourth-order valence-corrected chi connectivity index (χ4v) is 2.30. The van der Waals surface area contributed by atoms with E-state index >= 15 is 0 Å². The van der Waals surface area contributed by atoms with Crippen LogP contribution in [0.25, 0.3) is 0 Å². The van der Waals surface area contributed by atoms with Crippen molar-refractivity contribution < 1.29 is 9.90 Å². The summed E-state index contributed by atoms with van der Waals surface area (Å²) in [5.74, 6) is -0.774. The molecule has 1 atom stereocenters. The molecular formula is C9H13N3O2S. The highest BCUT2D eigenvalue weighted by Gasteiger charge is 2.24. The van der Waals surface area contributed by atoms with Crippen LogP contribution >= 0.6 is 11.3 Å². The number of carbonyl (C=O) groups is 1. The SMILES string of the molecule is O=C(O)[C@H]1CN(Cc2cncs2)CCN1. The predicted molar refractivity (Wildman–Crippen MR) is 56.8 cm³/mol. The Bertz CT molecular complexity index is 328. The monoisotopic (exact) mass is 227 g/mol. The van der Waals surface area contributed by atoms with E-state index in [4.69, 9.17) is 5.11 Å². The number of carboxylic acid groups (broad SMARTS) is 1. The van der Waals surface area contributed by atoms with Crippen molar-refractivity contribution >= 4 is 17.3 Å². The van der Waals surface area contributed by atoms with E-state index in [0.717, 1.165) is 19.6 Å². The van der Waals surface area contributed by atoms with Gasteiger partial charge >= 0.3 is 5.97 Å². The van der Waals surface area contributed by atoms with Crippen molar-refractivity contribution in [2.45, 2.75) is 12.6 Å². The summed E-state index contributed by atoms with van der Waals surface area (Å²) in [7, 11) is 0. The Kier molecular flexibility index (Phi) is 3.30. The lowest BCUT2D eigenvalue weighted by Crippen LogP contribution is -2.53. The van der Waals surface area contributed by atoms with Gasteiger partial charge in [0.05, 0.1) is 5.51 Å². The standard InChI is InChI=1S/C9H13N3O2S/c13-9(14)8-5-12(2-1-11-8)4-7-3-10-6-15-7/h3,6,8,11H,1-2,4-5H2,(H,13,14)/t8-/m1/s1. The first-order chi connectivity index (χ1) is 7.25. The van der Waals surface area contributed by atoms with Crippen LogP contribution in [0.15, 0.2) is 11.7 Å². The number of hydrogen-bond donors (Lipinski definition) is 2. The Morgan fingerprint density at radius 2 is 2.67 bits per heavy atom. The van der Waals surface area contributed by atoms with Gasteiger partial charge in [-0.05, 0) is 0 Å². The molecule has 1 aliphatic rings. The van der Waals surface area contributed by atoms with Crippen molar-refractivity contribution in [2.75, 3.05) is 19.6 Å². The highest BCUT2D eigenvalue weighted by atomic mass is 32.1. The fourth-order valence-electron chi connectivity index (χ4n) is 1.66. The first kappa shape index (κ1) is 10.5. The van der Waals surface area contributed by atoms with E-state index < -0.39 is 12.0 Å². The quantitative estimate of drug-likeness (QED) is 0.761. The lowest BCUT2D eigenvalue weighted by atomic mass is 10.2. The number of nitrogens with one attached hydrogen (secondary N) is 1. The minimum absolute atomic E-state index is 0.438. The smallest absolute Gasteiger partial charge is 0.322 e. The summed E-state index contributed by atoms with van der Waals surface area (Å²) in [6.07, 6.45) is 1.84. The Hall–Kier alpha value is -0.980. The van der Waals surface area contributed by atoms with Gasteiger partial charge in [0.25, 0.3) is 0 Å². The molecule has 0 radical (unpaired) electrons.